The first-order valence-electron chi connectivity index (χ1n) is 12.1. The van der Waals surface area contributed by atoms with Gasteiger partial charge < -0.3 is 9.80 Å². The molecule has 5 nitrogen and oxygen atoms in total. The number of carbonyl (C=O) groups is 2. The molecule has 2 saturated heterocycles. The molecule has 0 saturated carbocycles. The molecule has 0 radical (unpaired) electrons. The maximum Gasteiger partial charge on any atom is 0.241 e. The second-order valence-electron chi connectivity index (χ2n) is 9.31. The Morgan fingerprint density at radius 3 is 2.24 bits per heavy atom. The fourth-order valence-corrected chi connectivity index (χ4v) is 5.26. The molecule has 2 aromatic carbocycles. The number of carbonyl (C=O) groups excluding carboxylic acids is 2. The van der Waals surface area contributed by atoms with Gasteiger partial charge in [-0.2, -0.15) is 0 Å². The second-order valence-corrected chi connectivity index (χ2v) is 9.31. The van der Waals surface area contributed by atoms with Crippen LogP contribution in [-0.4, -0.2) is 46.4 Å². The number of benzene rings is 2. The van der Waals surface area contributed by atoms with Crippen molar-refractivity contribution in [2.75, 3.05) is 13.1 Å². The maximum atomic E-state index is 13.6. The van der Waals surface area contributed by atoms with Gasteiger partial charge >= 0.3 is 0 Å². The minimum Gasteiger partial charge on any atom is -0.342 e. The largest absolute Gasteiger partial charge is 0.342 e. The number of rotatable bonds is 7. The van der Waals surface area contributed by atoms with Crippen molar-refractivity contribution in [2.45, 2.75) is 64.2 Å². The van der Waals surface area contributed by atoms with Gasteiger partial charge in [0.15, 0.2) is 0 Å². The van der Waals surface area contributed by atoms with E-state index in [2.05, 4.69) is 19.2 Å². The summed E-state index contributed by atoms with van der Waals surface area (Å²) >= 11 is 0. The van der Waals surface area contributed by atoms with E-state index in [1.807, 2.05) is 40.1 Å². The lowest BCUT2D eigenvalue weighted by molar-refractivity contribution is -0.140. The van der Waals surface area contributed by atoms with E-state index in [1.54, 1.807) is 12.1 Å². The van der Waals surface area contributed by atoms with Crippen molar-refractivity contribution in [2.24, 2.45) is 5.92 Å². The number of likely N-dealkylation sites (tertiary alicyclic amines) is 1. The average molecular weight is 488 g/mol. The third-order valence-electron chi connectivity index (χ3n) is 7.30. The molecule has 4 rings (SSSR count). The van der Waals surface area contributed by atoms with Gasteiger partial charge in [-0.1, -0.05) is 56.3 Å². The quantitative estimate of drug-likeness (QED) is 0.623. The van der Waals surface area contributed by atoms with Crippen molar-refractivity contribution < 1.29 is 14.0 Å². The Morgan fingerprint density at radius 2 is 1.65 bits per heavy atom. The van der Waals surface area contributed by atoms with E-state index in [-0.39, 0.29) is 42.0 Å². The van der Waals surface area contributed by atoms with Crippen molar-refractivity contribution in [1.29, 1.82) is 0 Å². The van der Waals surface area contributed by atoms with Crippen LogP contribution in [0.1, 0.15) is 50.7 Å². The Balaban J connectivity index is 0.00000324. The van der Waals surface area contributed by atoms with E-state index in [9.17, 15) is 14.0 Å². The van der Waals surface area contributed by atoms with E-state index >= 15 is 0 Å². The smallest absolute Gasteiger partial charge is 0.241 e. The third kappa shape index (κ3) is 5.44. The van der Waals surface area contributed by atoms with Crippen molar-refractivity contribution in [1.82, 2.24) is 15.1 Å². The summed E-state index contributed by atoms with van der Waals surface area (Å²) in [7, 11) is 0. The summed E-state index contributed by atoms with van der Waals surface area (Å²) in [5, 5.41) is 3.67. The zero-order chi connectivity index (χ0) is 23.4. The number of hydrogen-bond donors (Lipinski definition) is 1. The van der Waals surface area contributed by atoms with Crippen LogP contribution in [0.4, 0.5) is 4.39 Å². The van der Waals surface area contributed by atoms with Gasteiger partial charge in [-0.05, 0) is 42.5 Å². The molecule has 0 unspecified atom stereocenters. The maximum absolute atomic E-state index is 13.6. The van der Waals surface area contributed by atoms with Crippen molar-refractivity contribution >= 4 is 24.2 Å². The highest BCUT2D eigenvalue weighted by molar-refractivity contribution is 5.86. The zero-order valence-corrected chi connectivity index (χ0v) is 20.8. The Bertz CT molecular complexity index is 958. The van der Waals surface area contributed by atoms with E-state index in [0.717, 1.165) is 24.0 Å². The monoisotopic (exact) mass is 487 g/mol. The predicted octanol–water partition coefficient (Wildman–Crippen LogP) is 4.55. The minimum atomic E-state index is -0.490. The van der Waals surface area contributed by atoms with Crippen LogP contribution in [0.2, 0.25) is 0 Å². The summed E-state index contributed by atoms with van der Waals surface area (Å²) in [5.74, 6) is 0.0842. The van der Waals surface area contributed by atoms with Crippen molar-refractivity contribution in [3.8, 4) is 0 Å². The van der Waals surface area contributed by atoms with E-state index in [0.29, 0.717) is 38.9 Å². The van der Waals surface area contributed by atoms with E-state index < -0.39 is 5.66 Å². The Labute approximate surface area is 208 Å². The van der Waals surface area contributed by atoms with Gasteiger partial charge in [-0.25, -0.2) is 4.39 Å². The van der Waals surface area contributed by atoms with Gasteiger partial charge in [-0.15, -0.1) is 12.4 Å². The Kier molecular flexibility index (Phi) is 8.72. The lowest BCUT2D eigenvalue weighted by atomic mass is 9.93. The fourth-order valence-electron chi connectivity index (χ4n) is 5.26. The molecule has 0 bridgehead atoms. The first-order chi connectivity index (χ1) is 16.0. The Hall–Kier alpha value is -2.44. The van der Waals surface area contributed by atoms with Crippen molar-refractivity contribution in [3.63, 3.8) is 0 Å². The number of hydrogen-bond acceptors (Lipinski definition) is 3. The summed E-state index contributed by atoms with van der Waals surface area (Å²) in [4.78, 5) is 30.4. The van der Waals surface area contributed by atoms with Crippen LogP contribution in [-0.2, 0) is 22.6 Å². The number of halogens is 2. The van der Waals surface area contributed by atoms with Gasteiger partial charge in [0.1, 0.15) is 5.82 Å². The first kappa shape index (κ1) is 26.2. The van der Waals surface area contributed by atoms with Crippen LogP contribution in [0.25, 0.3) is 0 Å². The van der Waals surface area contributed by atoms with Crippen LogP contribution in [0, 0.1) is 11.7 Å². The summed E-state index contributed by atoms with van der Waals surface area (Å²) in [6.07, 6.45) is 3.71. The minimum absolute atomic E-state index is 0. The van der Waals surface area contributed by atoms with Crippen molar-refractivity contribution in [3.05, 3.63) is 71.5 Å². The summed E-state index contributed by atoms with van der Waals surface area (Å²) in [6, 6.07) is 16.1. The molecule has 34 heavy (non-hydrogen) atoms. The predicted molar refractivity (Wildman–Crippen MR) is 134 cm³/mol. The zero-order valence-electron chi connectivity index (χ0n) is 20.0. The van der Waals surface area contributed by atoms with Crippen LogP contribution in [0.15, 0.2) is 54.6 Å². The molecule has 0 aliphatic carbocycles. The van der Waals surface area contributed by atoms with Gasteiger partial charge in [-0.3, -0.25) is 14.9 Å². The molecule has 184 valence electrons. The lowest BCUT2D eigenvalue weighted by Gasteiger charge is -2.45. The summed E-state index contributed by atoms with van der Waals surface area (Å²) in [5.41, 5.74) is 1.53. The highest BCUT2D eigenvalue weighted by Gasteiger charge is 2.51. The van der Waals surface area contributed by atoms with Gasteiger partial charge in [0.2, 0.25) is 11.8 Å². The normalized spacial score (nSPS) is 19.5. The standard InChI is InChI=1S/C27H34FN3O2.ClH/c1-3-22(4-2)25(32)30-16-14-27(15-17-30)29-24(18-20-8-6-5-7-9-20)26(33)31(27)19-21-10-12-23(28)13-11-21;/h5-13,22,24,29H,3-4,14-19H2,1-2H3;1H/t24-;/m0./s1. The van der Waals surface area contributed by atoms with Crippen LogP contribution in [0.3, 0.4) is 0 Å². The fraction of sp³-hybridized carbons (Fsp3) is 0.481. The number of nitrogens with zero attached hydrogens (tertiary/aromatic N) is 2. The summed E-state index contributed by atoms with van der Waals surface area (Å²) in [6.45, 7) is 5.82. The van der Waals surface area contributed by atoms with Crippen LogP contribution in [0.5, 0.6) is 0 Å². The average Bonchev–Trinajstić information content (AvgIpc) is 3.07. The van der Waals surface area contributed by atoms with Crippen LogP contribution < -0.4 is 5.32 Å². The number of nitrogens with one attached hydrogen (secondary N) is 1. The molecule has 2 heterocycles. The van der Waals surface area contributed by atoms with Crippen LogP contribution >= 0.6 is 12.4 Å². The first-order valence-corrected chi connectivity index (χ1v) is 12.1. The Morgan fingerprint density at radius 1 is 1.03 bits per heavy atom. The molecular weight excluding hydrogens is 453 g/mol. The molecule has 1 spiro atoms. The highest BCUT2D eigenvalue weighted by Crippen LogP contribution is 2.35. The second kappa shape index (κ2) is 11.3. The molecule has 2 aromatic rings. The topological polar surface area (TPSA) is 52.7 Å². The van der Waals surface area contributed by atoms with Gasteiger partial charge in [0.05, 0.1) is 11.7 Å². The molecule has 2 aliphatic rings. The molecule has 1 atom stereocenters. The van der Waals surface area contributed by atoms with E-state index in [1.165, 1.54) is 12.1 Å². The van der Waals surface area contributed by atoms with Gasteiger partial charge in [0, 0.05) is 38.4 Å². The molecule has 2 aliphatic heterocycles. The summed E-state index contributed by atoms with van der Waals surface area (Å²) < 4.78 is 13.4. The lowest BCUT2D eigenvalue weighted by Crippen LogP contribution is -2.59. The number of amides is 2. The molecule has 0 aromatic heterocycles. The van der Waals surface area contributed by atoms with Gasteiger partial charge in [0.25, 0.3) is 0 Å². The van der Waals surface area contributed by atoms with E-state index in [4.69, 9.17) is 0 Å². The third-order valence-corrected chi connectivity index (χ3v) is 7.30. The molecule has 1 N–H and O–H groups in total. The highest BCUT2D eigenvalue weighted by atomic mass is 35.5. The number of piperidine rings is 1. The SMILES string of the molecule is CCC(CC)C(=O)N1CCC2(CC1)N[C@@H](Cc1ccccc1)C(=O)N2Cc1ccc(F)cc1.Cl. The molecular formula is C27H35ClFN3O2. The molecule has 7 heteroatoms. The molecule has 2 fully saturated rings. The molecule has 2 amide bonds.